The number of fused-ring (bicyclic) bond motifs is 2. The summed E-state index contributed by atoms with van der Waals surface area (Å²) in [6.45, 7) is 0. The summed E-state index contributed by atoms with van der Waals surface area (Å²) in [7, 11) is 0. The van der Waals surface area contributed by atoms with E-state index in [4.69, 9.17) is 15.0 Å². The van der Waals surface area contributed by atoms with Gasteiger partial charge in [-0.2, -0.15) is 5.26 Å². The monoisotopic (exact) mass is 720 g/mol. The van der Waals surface area contributed by atoms with Crippen molar-refractivity contribution in [2.75, 3.05) is 0 Å². The minimum absolute atomic E-state index is 0.0958. The van der Waals surface area contributed by atoms with Crippen LogP contribution in [0.4, 0.5) is 0 Å². The van der Waals surface area contributed by atoms with Gasteiger partial charge in [0, 0.05) is 16.7 Å². The summed E-state index contributed by atoms with van der Waals surface area (Å²) < 4.78 is 0. The zero-order valence-electron chi connectivity index (χ0n) is 31.2. The van der Waals surface area contributed by atoms with E-state index in [9.17, 15) is 5.26 Å². The number of nitrogens with zero attached hydrogens (tertiary/aromatic N) is 4. The molecule has 4 saturated carbocycles. The summed E-state index contributed by atoms with van der Waals surface area (Å²) in [5.41, 5.74) is 9.32. The van der Waals surface area contributed by atoms with Gasteiger partial charge in [-0.1, -0.05) is 146 Å². The van der Waals surface area contributed by atoms with Gasteiger partial charge in [0.05, 0.1) is 11.6 Å². The predicted molar refractivity (Wildman–Crippen MR) is 226 cm³/mol. The molecule has 2 atom stereocenters. The van der Waals surface area contributed by atoms with Crippen LogP contribution in [0.5, 0.6) is 0 Å². The summed E-state index contributed by atoms with van der Waals surface area (Å²) in [6.07, 6.45) is 7.53. The van der Waals surface area contributed by atoms with Crippen LogP contribution in [0.1, 0.15) is 55.2 Å². The Morgan fingerprint density at radius 1 is 0.429 bits per heavy atom. The van der Waals surface area contributed by atoms with Crippen LogP contribution < -0.4 is 0 Å². The van der Waals surface area contributed by atoms with Gasteiger partial charge in [0.2, 0.25) is 0 Å². The largest absolute Gasteiger partial charge is 0.208 e. The molecule has 4 heteroatoms. The smallest absolute Gasteiger partial charge is 0.164 e. The third-order valence-corrected chi connectivity index (χ3v) is 13.3. The molecule has 4 aliphatic rings. The maximum atomic E-state index is 9.43. The lowest BCUT2D eigenvalue weighted by Gasteiger charge is -2.63. The molecule has 0 spiro atoms. The van der Waals surface area contributed by atoms with Crippen LogP contribution >= 0.6 is 0 Å². The lowest BCUT2D eigenvalue weighted by Crippen LogP contribution is -2.56. The predicted octanol–water partition coefficient (Wildman–Crippen LogP) is 12.5. The molecule has 2 unspecified atom stereocenters. The Morgan fingerprint density at radius 3 is 1.39 bits per heavy atom. The number of rotatable bonds is 6. The quantitative estimate of drug-likeness (QED) is 0.172. The van der Waals surface area contributed by atoms with Crippen LogP contribution in [0.25, 0.3) is 66.8 Å². The first-order valence-corrected chi connectivity index (χ1v) is 20.0. The average Bonchev–Trinajstić information content (AvgIpc) is 3.25. The van der Waals surface area contributed by atoms with Crippen molar-refractivity contribution in [2.24, 2.45) is 11.8 Å². The molecule has 4 fully saturated rings. The first-order chi connectivity index (χ1) is 27.6. The molecule has 56 heavy (non-hydrogen) atoms. The Kier molecular flexibility index (Phi) is 7.54. The Hall–Kier alpha value is -6.44. The van der Waals surface area contributed by atoms with E-state index in [1.807, 2.05) is 48.5 Å². The van der Waals surface area contributed by atoms with E-state index in [1.165, 1.54) is 76.8 Å². The molecule has 0 amide bonds. The van der Waals surface area contributed by atoms with Crippen molar-refractivity contribution >= 4 is 21.5 Å². The van der Waals surface area contributed by atoms with Gasteiger partial charge in [-0.05, 0) is 117 Å². The average molecular weight is 721 g/mol. The SMILES string of the molecule is N#Cc1ccc(-c2ccc(C34CC5CC(C3)CC(c3ccc(-c6nc(-c7ccccc7)nc(-c7ccccc7)n6)c6ccccc36)(C5)C4)c3ccccc23)cc1. The molecule has 4 bridgehead atoms. The van der Waals surface area contributed by atoms with Crippen LogP contribution in [0.3, 0.4) is 0 Å². The third-order valence-electron chi connectivity index (χ3n) is 13.3. The van der Waals surface area contributed by atoms with Gasteiger partial charge in [-0.3, -0.25) is 0 Å². The first kappa shape index (κ1) is 32.9. The van der Waals surface area contributed by atoms with Crippen molar-refractivity contribution in [2.45, 2.75) is 49.4 Å². The lowest BCUT2D eigenvalue weighted by atomic mass is 9.41. The normalized spacial score (nSPS) is 22.3. The fourth-order valence-corrected chi connectivity index (χ4v) is 11.5. The highest BCUT2D eigenvalue weighted by Gasteiger charge is 2.59. The van der Waals surface area contributed by atoms with E-state index in [0.717, 1.165) is 22.3 Å². The second kappa shape index (κ2) is 12.8. The minimum Gasteiger partial charge on any atom is -0.208 e. The van der Waals surface area contributed by atoms with E-state index in [0.29, 0.717) is 34.9 Å². The molecule has 4 nitrogen and oxygen atoms in total. The highest BCUT2D eigenvalue weighted by molar-refractivity contribution is 6.00. The maximum absolute atomic E-state index is 9.43. The van der Waals surface area contributed by atoms with Crippen LogP contribution in [-0.4, -0.2) is 15.0 Å². The van der Waals surface area contributed by atoms with E-state index in [1.54, 1.807) is 0 Å². The van der Waals surface area contributed by atoms with E-state index in [2.05, 4.69) is 115 Å². The number of hydrogen-bond donors (Lipinski definition) is 0. The highest BCUT2D eigenvalue weighted by Crippen LogP contribution is 2.67. The van der Waals surface area contributed by atoms with Gasteiger partial charge in [-0.15, -0.1) is 0 Å². The summed E-state index contributed by atoms with van der Waals surface area (Å²) in [5.74, 6) is 3.48. The third kappa shape index (κ3) is 5.29. The number of hydrogen-bond acceptors (Lipinski definition) is 4. The maximum Gasteiger partial charge on any atom is 0.164 e. The fourth-order valence-electron chi connectivity index (χ4n) is 11.5. The Balaban J connectivity index is 1.04. The van der Waals surface area contributed by atoms with Crippen molar-refractivity contribution in [3.8, 4) is 51.4 Å². The van der Waals surface area contributed by atoms with Gasteiger partial charge < -0.3 is 0 Å². The molecule has 12 rings (SSSR count). The Bertz CT molecular complexity index is 2770. The molecule has 0 radical (unpaired) electrons. The molecule has 7 aromatic carbocycles. The standard InChI is InChI=1S/C52H40N4/c53-32-34-19-21-37(22-20-34)40-23-25-46(43-17-9-7-15-41(40)43)51-28-35-27-36(29-51)31-52(30-35,33-51)47-26-24-45(42-16-8-10-18-44(42)47)50-55-48(38-11-3-1-4-12-38)54-49(56-50)39-13-5-2-6-14-39/h1-26,35-36H,27-31,33H2. The van der Waals surface area contributed by atoms with Crippen molar-refractivity contribution in [1.82, 2.24) is 15.0 Å². The topological polar surface area (TPSA) is 62.5 Å². The van der Waals surface area contributed by atoms with E-state index < -0.39 is 0 Å². The zero-order valence-corrected chi connectivity index (χ0v) is 31.2. The summed E-state index contributed by atoms with van der Waals surface area (Å²) >= 11 is 0. The molecular weight excluding hydrogens is 681 g/mol. The van der Waals surface area contributed by atoms with Gasteiger partial charge in [0.15, 0.2) is 17.5 Å². The molecule has 8 aromatic rings. The number of benzene rings is 7. The Labute approximate surface area is 327 Å². The van der Waals surface area contributed by atoms with E-state index >= 15 is 0 Å². The summed E-state index contributed by atoms with van der Waals surface area (Å²) in [4.78, 5) is 15.3. The van der Waals surface area contributed by atoms with Crippen molar-refractivity contribution in [1.29, 1.82) is 5.26 Å². The van der Waals surface area contributed by atoms with Gasteiger partial charge >= 0.3 is 0 Å². The van der Waals surface area contributed by atoms with Crippen molar-refractivity contribution in [3.05, 3.63) is 174 Å². The van der Waals surface area contributed by atoms with Gasteiger partial charge in [0.1, 0.15) is 0 Å². The van der Waals surface area contributed by atoms with E-state index in [-0.39, 0.29) is 10.8 Å². The molecule has 0 saturated heterocycles. The first-order valence-electron chi connectivity index (χ1n) is 20.0. The zero-order chi connectivity index (χ0) is 37.3. The second-order valence-electron chi connectivity index (χ2n) is 16.7. The number of nitriles is 1. The summed E-state index contributed by atoms with van der Waals surface area (Å²) in [5, 5.41) is 14.6. The van der Waals surface area contributed by atoms with Crippen LogP contribution in [0, 0.1) is 23.2 Å². The minimum atomic E-state index is 0.0958. The molecule has 1 heterocycles. The second-order valence-corrected chi connectivity index (χ2v) is 16.7. The van der Waals surface area contributed by atoms with Crippen LogP contribution in [0.15, 0.2) is 158 Å². The molecule has 268 valence electrons. The molecule has 4 aliphatic carbocycles. The van der Waals surface area contributed by atoms with Crippen LogP contribution in [-0.2, 0) is 10.8 Å². The Morgan fingerprint density at radius 2 is 0.875 bits per heavy atom. The number of aromatic nitrogens is 3. The summed E-state index contributed by atoms with van der Waals surface area (Å²) in [6, 6.07) is 58.4. The van der Waals surface area contributed by atoms with Crippen molar-refractivity contribution < 1.29 is 0 Å². The van der Waals surface area contributed by atoms with Crippen LogP contribution in [0.2, 0.25) is 0 Å². The molecular formula is C52H40N4. The van der Waals surface area contributed by atoms with Gasteiger partial charge in [0.25, 0.3) is 0 Å². The highest BCUT2D eigenvalue weighted by atomic mass is 15.0. The fraction of sp³-hybridized carbons (Fsp3) is 0.192. The molecule has 0 aliphatic heterocycles. The van der Waals surface area contributed by atoms with Crippen molar-refractivity contribution in [3.63, 3.8) is 0 Å². The lowest BCUT2D eigenvalue weighted by molar-refractivity contribution is -0.0268. The molecule has 1 aromatic heterocycles. The molecule has 0 N–H and O–H groups in total. The van der Waals surface area contributed by atoms with Gasteiger partial charge in [-0.25, -0.2) is 15.0 Å².